The molecule has 2 heterocycles. The molecule has 1 fully saturated rings. The number of carbonyl (C=O) groups is 1. The van der Waals surface area contributed by atoms with Crippen molar-refractivity contribution >= 4 is 17.5 Å². The van der Waals surface area contributed by atoms with Crippen LogP contribution in [0.15, 0.2) is 41.3 Å². The molecule has 0 atom stereocenters. The van der Waals surface area contributed by atoms with E-state index >= 15 is 0 Å². The molecule has 0 unspecified atom stereocenters. The highest BCUT2D eigenvalue weighted by atomic mass is 35.5. The predicted octanol–water partition coefficient (Wildman–Crippen LogP) is 3.02. The second kappa shape index (κ2) is 10.1. The van der Waals surface area contributed by atoms with E-state index in [1.165, 1.54) is 0 Å². The molecule has 6 nitrogen and oxygen atoms in total. The van der Waals surface area contributed by atoms with Crippen molar-refractivity contribution in [3.05, 3.63) is 68.6 Å². The number of nitrogens with zero attached hydrogens (tertiary/aromatic N) is 2. The molecule has 29 heavy (non-hydrogen) atoms. The summed E-state index contributed by atoms with van der Waals surface area (Å²) in [6.45, 7) is 4.76. The second-order valence-electron chi connectivity index (χ2n) is 7.41. The van der Waals surface area contributed by atoms with Gasteiger partial charge in [-0.15, -0.1) is 0 Å². The SMILES string of the molecule is COCCN(Cc1ccc(Cl)cc1)C(=O)c1c(C)ccn(C2CCNCC2)c1=O. The third kappa shape index (κ3) is 5.26. The molecule has 0 spiro atoms. The minimum Gasteiger partial charge on any atom is -0.383 e. The molecule has 3 rings (SSSR count). The Morgan fingerprint density at radius 2 is 1.93 bits per heavy atom. The number of aryl methyl sites for hydroxylation is 1. The lowest BCUT2D eigenvalue weighted by Crippen LogP contribution is -2.41. The van der Waals surface area contributed by atoms with Crippen molar-refractivity contribution in [2.45, 2.75) is 32.4 Å². The highest BCUT2D eigenvalue weighted by molar-refractivity contribution is 6.30. The third-order valence-electron chi connectivity index (χ3n) is 5.38. The molecule has 0 aliphatic carbocycles. The van der Waals surface area contributed by atoms with Crippen LogP contribution < -0.4 is 10.9 Å². The molecule has 0 radical (unpaired) electrons. The van der Waals surface area contributed by atoms with Crippen molar-refractivity contribution in [3.8, 4) is 0 Å². The Kier molecular flexibility index (Phi) is 7.47. The van der Waals surface area contributed by atoms with E-state index in [1.807, 2.05) is 31.3 Å². The van der Waals surface area contributed by atoms with E-state index < -0.39 is 0 Å². The van der Waals surface area contributed by atoms with Gasteiger partial charge in [0.05, 0.1) is 6.61 Å². The number of piperidine rings is 1. The van der Waals surface area contributed by atoms with Crippen LogP contribution in [0.5, 0.6) is 0 Å². The standard InChI is InChI=1S/C22H28ClN3O3/c1-16-9-12-26(19-7-10-24-11-8-19)22(28)20(16)21(27)25(13-14-29-2)15-17-3-5-18(23)6-4-17/h3-6,9,12,19,24H,7-8,10-11,13-15H2,1-2H3. The first-order valence-corrected chi connectivity index (χ1v) is 10.3. The van der Waals surface area contributed by atoms with Crippen LogP contribution in [-0.4, -0.2) is 48.7 Å². The van der Waals surface area contributed by atoms with Gasteiger partial charge in [0, 0.05) is 37.5 Å². The number of pyridine rings is 1. The average molecular weight is 418 g/mol. The van der Waals surface area contributed by atoms with E-state index in [-0.39, 0.29) is 23.1 Å². The van der Waals surface area contributed by atoms with Gasteiger partial charge in [0.25, 0.3) is 11.5 Å². The Bertz CT molecular complexity index is 889. The van der Waals surface area contributed by atoms with Crippen LogP contribution in [0.25, 0.3) is 0 Å². The number of hydrogen-bond donors (Lipinski definition) is 1. The summed E-state index contributed by atoms with van der Waals surface area (Å²) in [7, 11) is 1.60. The monoisotopic (exact) mass is 417 g/mol. The van der Waals surface area contributed by atoms with Gasteiger partial charge in [0.15, 0.2) is 0 Å². The number of halogens is 1. The summed E-state index contributed by atoms with van der Waals surface area (Å²) in [4.78, 5) is 28.3. The van der Waals surface area contributed by atoms with Crippen LogP contribution in [0.2, 0.25) is 5.02 Å². The van der Waals surface area contributed by atoms with Gasteiger partial charge in [-0.05, 0) is 62.2 Å². The molecule has 1 aliphatic rings. The van der Waals surface area contributed by atoms with Crippen LogP contribution in [0.4, 0.5) is 0 Å². The summed E-state index contributed by atoms with van der Waals surface area (Å²) in [6.07, 6.45) is 3.59. The lowest BCUT2D eigenvalue weighted by atomic mass is 10.0. The molecule has 2 aromatic rings. The maximum absolute atomic E-state index is 13.4. The van der Waals surface area contributed by atoms with E-state index in [9.17, 15) is 9.59 Å². The summed E-state index contributed by atoms with van der Waals surface area (Å²) >= 11 is 5.97. The number of hydrogen-bond acceptors (Lipinski definition) is 4. The maximum Gasteiger partial charge on any atom is 0.263 e. The van der Waals surface area contributed by atoms with E-state index in [0.717, 1.165) is 31.5 Å². The molecule has 0 bridgehead atoms. The fourth-order valence-corrected chi connectivity index (χ4v) is 3.82. The van der Waals surface area contributed by atoms with Gasteiger partial charge in [-0.25, -0.2) is 0 Å². The number of nitrogens with one attached hydrogen (secondary N) is 1. The van der Waals surface area contributed by atoms with Crippen LogP contribution in [0.1, 0.15) is 40.4 Å². The van der Waals surface area contributed by atoms with Crippen molar-refractivity contribution in [2.24, 2.45) is 0 Å². The molecule has 0 saturated carbocycles. The second-order valence-corrected chi connectivity index (χ2v) is 7.85. The molecule has 7 heteroatoms. The first kappa shape index (κ1) is 21.6. The summed E-state index contributed by atoms with van der Waals surface area (Å²) in [5.41, 5.74) is 1.69. The molecule has 156 valence electrons. The maximum atomic E-state index is 13.4. The van der Waals surface area contributed by atoms with Gasteiger partial charge in [-0.1, -0.05) is 23.7 Å². The molecule has 1 N–H and O–H groups in total. The summed E-state index contributed by atoms with van der Waals surface area (Å²) < 4.78 is 6.92. The van der Waals surface area contributed by atoms with Gasteiger partial charge >= 0.3 is 0 Å². The minimum absolute atomic E-state index is 0.125. The normalized spacial score (nSPS) is 14.7. The van der Waals surface area contributed by atoms with E-state index in [0.29, 0.717) is 30.3 Å². The zero-order chi connectivity index (χ0) is 20.8. The van der Waals surface area contributed by atoms with Crippen LogP contribution >= 0.6 is 11.6 Å². The number of ether oxygens (including phenoxy) is 1. The summed E-state index contributed by atoms with van der Waals surface area (Å²) in [6, 6.07) is 9.37. The highest BCUT2D eigenvalue weighted by Crippen LogP contribution is 2.19. The van der Waals surface area contributed by atoms with Gasteiger partial charge in [0.2, 0.25) is 0 Å². The van der Waals surface area contributed by atoms with Crippen molar-refractivity contribution in [2.75, 3.05) is 33.4 Å². The van der Waals surface area contributed by atoms with Crippen molar-refractivity contribution in [1.29, 1.82) is 0 Å². The molecular weight excluding hydrogens is 390 g/mol. The minimum atomic E-state index is -0.261. The number of amides is 1. The molecule has 1 aromatic carbocycles. The third-order valence-corrected chi connectivity index (χ3v) is 5.63. The van der Waals surface area contributed by atoms with Crippen LogP contribution in [0, 0.1) is 6.92 Å². The van der Waals surface area contributed by atoms with E-state index in [1.54, 1.807) is 28.7 Å². The zero-order valence-electron chi connectivity index (χ0n) is 17.0. The van der Waals surface area contributed by atoms with Crippen LogP contribution in [-0.2, 0) is 11.3 Å². The number of benzene rings is 1. The molecule has 1 aromatic heterocycles. The van der Waals surface area contributed by atoms with Gasteiger partial charge in [0.1, 0.15) is 5.56 Å². The quantitative estimate of drug-likeness (QED) is 0.752. The van der Waals surface area contributed by atoms with Crippen molar-refractivity contribution in [1.82, 2.24) is 14.8 Å². The Hall–Kier alpha value is -2.15. The van der Waals surface area contributed by atoms with Crippen LogP contribution in [0.3, 0.4) is 0 Å². The Morgan fingerprint density at radius 3 is 2.59 bits per heavy atom. The van der Waals surface area contributed by atoms with E-state index in [4.69, 9.17) is 16.3 Å². The predicted molar refractivity (Wildman–Crippen MR) is 115 cm³/mol. The van der Waals surface area contributed by atoms with Gasteiger partial charge in [-0.3, -0.25) is 9.59 Å². The zero-order valence-corrected chi connectivity index (χ0v) is 17.7. The fraction of sp³-hybridized carbons (Fsp3) is 0.455. The van der Waals surface area contributed by atoms with Crippen molar-refractivity contribution in [3.63, 3.8) is 0 Å². The lowest BCUT2D eigenvalue weighted by Gasteiger charge is -2.27. The Balaban J connectivity index is 1.91. The first-order chi connectivity index (χ1) is 14.0. The number of carbonyl (C=O) groups excluding carboxylic acids is 1. The van der Waals surface area contributed by atoms with Crippen molar-refractivity contribution < 1.29 is 9.53 Å². The molecule has 1 amide bonds. The largest absolute Gasteiger partial charge is 0.383 e. The molecule has 1 aliphatic heterocycles. The number of aromatic nitrogens is 1. The topological polar surface area (TPSA) is 63.6 Å². The Morgan fingerprint density at radius 1 is 1.24 bits per heavy atom. The molecular formula is C22H28ClN3O3. The first-order valence-electron chi connectivity index (χ1n) is 9.96. The van der Waals surface area contributed by atoms with Gasteiger partial charge in [-0.2, -0.15) is 0 Å². The lowest BCUT2D eigenvalue weighted by molar-refractivity contribution is 0.0677. The summed E-state index contributed by atoms with van der Waals surface area (Å²) in [5.74, 6) is -0.261. The number of methoxy groups -OCH3 is 1. The summed E-state index contributed by atoms with van der Waals surface area (Å²) in [5, 5.41) is 3.96. The fourth-order valence-electron chi connectivity index (χ4n) is 3.70. The van der Waals surface area contributed by atoms with Gasteiger partial charge < -0.3 is 19.5 Å². The molecule has 1 saturated heterocycles. The average Bonchev–Trinajstić information content (AvgIpc) is 2.73. The van der Waals surface area contributed by atoms with E-state index in [2.05, 4.69) is 5.32 Å². The Labute approximate surface area is 176 Å². The number of rotatable bonds is 7. The smallest absolute Gasteiger partial charge is 0.263 e. The highest BCUT2D eigenvalue weighted by Gasteiger charge is 2.25.